The third-order valence-electron chi connectivity index (χ3n) is 3.88. The van der Waals surface area contributed by atoms with Gasteiger partial charge < -0.3 is 5.32 Å². The Morgan fingerprint density at radius 1 is 1.50 bits per heavy atom. The van der Waals surface area contributed by atoms with Gasteiger partial charge in [-0.15, -0.1) is 0 Å². The fraction of sp³-hybridized carbons (Fsp3) is 0.500. The first-order valence-electron chi connectivity index (χ1n) is 6.58. The van der Waals surface area contributed by atoms with E-state index in [4.69, 9.17) is 5.26 Å². The Labute approximate surface area is 122 Å². The molecule has 0 bridgehead atoms. The molecule has 6 heteroatoms. The summed E-state index contributed by atoms with van der Waals surface area (Å²) in [4.78, 5) is 10.3. The fourth-order valence-electron chi connectivity index (χ4n) is 2.63. The second kappa shape index (κ2) is 6.14. The minimum Gasteiger partial charge on any atom is -0.384 e. The van der Waals surface area contributed by atoms with Crippen molar-refractivity contribution >= 4 is 23.1 Å². The molecule has 20 heavy (non-hydrogen) atoms. The van der Waals surface area contributed by atoms with Crippen LogP contribution in [0.1, 0.15) is 31.2 Å². The second-order valence-electron chi connectivity index (χ2n) is 5.05. The van der Waals surface area contributed by atoms with Crippen LogP contribution in [0.4, 0.5) is 11.4 Å². The van der Waals surface area contributed by atoms with Crippen LogP contribution in [-0.2, 0) is 0 Å². The van der Waals surface area contributed by atoms with Gasteiger partial charge in [0, 0.05) is 23.0 Å². The number of rotatable bonds is 5. The highest BCUT2D eigenvalue weighted by molar-refractivity contribution is 8.00. The van der Waals surface area contributed by atoms with Crippen LogP contribution in [0.3, 0.4) is 0 Å². The van der Waals surface area contributed by atoms with Crippen molar-refractivity contribution in [1.29, 1.82) is 5.26 Å². The number of hydrogen-bond donors (Lipinski definition) is 1. The monoisotopic (exact) mass is 291 g/mol. The Hall–Kier alpha value is -1.74. The van der Waals surface area contributed by atoms with E-state index >= 15 is 0 Å². The fourth-order valence-corrected chi connectivity index (χ4v) is 3.54. The van der Waals surface area contributed by atoms with E-state index in [-0.39, 0.29) is 16.0 Å². The van der Waals surface area contributed by atoms with E-state index in [2.05, 4.69) is 11.6 Å². The van der Waals surface area contributed by atoms with Crippen molar-refractivity contribution in [3.63, 3.8) is 0 Å². The molecule has 1 fully saturated rings. The van der Waals surface area contributed by atoms with Gasteiger partial charge in [-0.2, -0.15) is 17.0 Å². The summed E-state index contributed by atoms with van der Waals surface area (Å²) in [6.45, 7) is 0.830. The number of nitro benzene ring substituents is 1. The Bertz CT molecular complexity index is 548. The highest BCUT2D eigenvalue weighted by Crippen LogP contribution is 2.40. The number of nitriles is 1. The molecule has 1 saturated carbocycles. The van der Waals surface area contributed by atoms with Crippen LogP contribution >= 0.6 is 11.8 Å². The number of thioether (sulfide) groups is 1. The summed E-state index contributed by atoms with van der Waals surface area (Å²) in [5.74, 6) is 0. The summed E-state index contributed by atoms with van der Waals surface area (Å²) >= 11 is 1.88. The van der Waals surface area contributed by atoms with Crippen LogP contribution in [0.5, 0.6) is 0 Å². The molecule has 1 N–H and O–H groups in total. The van der Waals surface area contributed by atoms with Gasteiger partial charge in [0.15, 0.2) is 0 Å². The molecule has 1 aromatic rings. The minimum absolute atomic E-state index is 0.102. The SMILES string of the molecule is CSC1(CNc2ccc([N+](=O)[O-])c(C#N)c2)CCCC1. The molecule has 0 amide bonds. The Morgan fingerprint density at radius 2 is 2.20 bits per heavy atom. The van der Waals surface area contributed by atoms with Crippen LogP contribution in [0.25, 0.3) is 0 Å². The molecule has 0 radical (unpaired) electrons. The molecule has 0 unspecified atom stereocenters. The summed E-state index contributed by atoms with van der Waals surface area (Å²) in [5, 5.41) is 23.1. The van der Waals surface area contributed by atoms with E-state index in [1.165, 1.54) is 31.7 Å². The molecule has 0 saturated heterocycles. The van der Waals surface area contributed by atoms with Crippen molar-refractivity contribution in [3.05, 3.63) is 33.9 Å². The second-order valence-corrected chi connectivity index (χ2v) is 6.32. The minimum atomic E-state index is -0.525. The molecule has 1 aliphatic rings. The number of nitro groups is 1. The molecule has 106 valence electrons. The Morgan fingerprint density at radius 3 is 2.75 bits per heavy atom. The third-order valence-corrected chi connectivity index (χ3v) is 5.29. The lowest BCUT2D eigenvalue weighted by molar-refractivity contribution is -0.385. The first-order valence-corrected chi connectivity index (χ1v) is 7.80. The summed E-state index contributed by atoms with van der Waals surface area (Å²) in [6.07, 6.45) is 7.03. The van der Waals surface area contributed by atoms with Crippen LogP contribution in [0.15, 0.2) is 18.2 Å². The van der Waals surface area contributed by atoms with Crippen LogP contribution < -0.4 is 5.32 Å². The lowest BCUT2D eigenvalue weighted by Gasteiger charge is -2.27. The lowest BCUT2D eigenvalue weighted by atomic mass is 10.1. The van der Waals surface area contributed by atoms with Gasteiger partial charge in [-0.05, 0) is 31.2 Å². The Kier molecular flexibility index (Phi) is 4.50. The van der Waals surface area contributed by atoms with Crippen molar-refractivity contribution < 1.29 is 4.92 Å². The maximum Gasteiger partial charge on any atom is 0.287 e. The van der Waals surface area contributed by atoms with E-state index in [0.29, 0.717) is 0 Å². The van der Waals surface area contributed by atoms with Crippen molar-refractivity contribution in [2.75, 3.05) is 18.1 Å². The zero-order valence-electron chi connectivity index (χ0n) is 11.4. The average Bonchev–Trinajstić information content (AvgIpc) is 2.94. The normalized spacial score (nSPS) is 16.6. The van der Waals surface area contributed by atoms with Crippen molar-refractivity contribution in [1.82, 2.24) is 0 Å². The molecule has 0 atom stereocenters. The van der Waals surface area contributed by atoms with E-state index < -0.39 is 4.92 Å². The Balaban J connectivity index is 2.11. The van der Waals surface area contributed by atoms with E-state index in [9.17, 15) is 10.1 Å². The summed E-state index contributed by atoms with van der Waals surface area (Å²) in [6, 6.07) is 6.50. The van der Waals surface area contributed by atoms with E-state index in [1.807, 2.05) is 17.8 Å². The van der Waals surface area contributed by atoms with E-state index in [0.717, 1.165) is 12.2 Å². The quantitative estimate of drug-likeness (QED) is 0.663. The maximum absolute atomic E-state index is 10.8. The van der Waals surface area contributed by atoms with Crippen molar-refractivity contribution in [3.8, 4) is 6.07 Å². The third kappa shape index (κ3) is 3.05. The summed E-state index contributed by atoms with van der Waals surface area (Å²) in [7, 11) is 0. The van der Waals surface area contributed by atoms with Gasteiger partial charge in [-0.25, -0.2) is 0 Å². The highest BCUT2D eigenvalue weighted by Gasteiger charge is 2.32. The standard InChI is InChI=1S/C14H17N3O2S/c1-20-14(6-2-3-7-14)10-16-12-4-5-13(17(18)19)11(8-12)9-15/h4-5,8,16H,2-3,6-7,10H2,1H3. The predicted molar refractivity (Wildman–Crippen MR) is 81.0 cm³/mol. The van der Waals surface area contributed by atoms with Crippen LogP contribution in [0.2, 0.25) is 0 Å². The molecule has 5 nitrogen and oxygen atoms in total. The van der Waals surface area contributed by atoms with Gasteiger partial charge in [0.2, 0.25) is 0 Å². The zero-order valence-corrected chi connectivity index (χ0v) is 12.2. The number of hydrogen-bond acceptors (Lipinski definition) is 5. The average molecular weight is 291 g/mol. The smallest absolute Gasteiger partial charge is 0.287 e. The van der Waals surface area contributed by atoms with Gasteiger partial charge in [0.05, 0.1) is 4.92 Å². The first kappa shape index (κ1) is 14.7. The number of nitrogens with zero attached hydrogens (tertiary/aromatic N) is 2. The summed E-state index contributed by atoms with van der Waals surface area (Å²) < 4.78 is 0.259. The molecule has 1 aromatic carbocycles. The van der Waals surface area contributed by atoms with Crippen LogP contribution in [-0.4, -0.2) is 22.5 Å². The van der Waals surface area contributed by atoms with Crippen molar-refractivity contribution in [2.24, 2.45) is 0 Å². The highest BCUT2D eigenvalue weighted by atomic mass is 32.2. The van der Waals surface area contributed by atoms with Gasteiger partial charge in [-0.1, -0.05) is 12.8 Å². The first-order chi connectivity index (χ1) is 9.60. The molecule has 1 aliphatic carbocycles. The van der Waals surface area contributed by atoms with Crippen molar-refractivity contribution in [2.45, 2.75) is 30.4 Å². The number of benzene rings is 1. The molecule has 2 rings (SSSR count). The number of anilines is 1. The maximum atomic E-state index is 10.8. The van der Waals surface area contributed by atoms with Gasteiger partial charge >= 0.3 is 0 Å². The number of nitrogens with one attached hydrogen (secondary N) is 1. The van der Waals surface area contributed by atoms with E-state index in [1.54, 1.807) is 12.1 Å². The topological polar surface area (TPSA) is 79.0 Å². The largest absolute Gasteiger partial charge is 0.384 e. The summed E-state index contributed by atoms with van der Waals surface area (Å²) in [5.41, 5.74) is 0.732. The van der Waals surface area contributed by atoms with Gasteiger partial charge in [0.25, 0.3) is 5.69 Å². The van der Waals surface area contributed by atoms with Crippen LogP contribution in [0, 0.1) is 21.4 Å². The molecular formula is C14H17N3O2S. The molecule has 0 spiro atoms. The predicted octanol–water partition coefficient (Wildman–Crippen LogP) is 3.55. The van der Waals surface area contributed by atoms with Gasteiger partial charge in [-0.3, -0.25) is 10.1 Å². The molecule has 0 aliphatic heterocycles. The van der Waals surface area contributed by atoms with Gasteiger partial charge in [0.1, 0.15) is 11.6 Å². The lowest BCUT2D eigenvalue weighted by Crippen LogP contribution is -2.30. The zero-order chi connectivity index (χ0) is 14.6. The molecule has 0 heterocycles. The molecule has 0 aromatic heterocycles. The molecular weight excluding hydrogens is 274 g/mol.